The number of unbranched alkanes of at least 4 members (excludes halogenated alkanes) is 14. The molecule has 0 saturated heterocycles. The Bertz CT molecular complexity index is 226. The molecule has 0 spiro atoms. The van der Waals surface area contributed by atoms with Crippen molar-refractivity contribution in [1.82, 2.24) is 0 Å². The Balaban J connectivity index is 3.05. The van der Waals surface area contributed by atoms with E-state index in [9.17, 15) is 0 Å². The molecule has 0 amide bonds. The summed E-state index contributed by atoms with van der Waals surface area (Å²) >= 11 is 0. The van der Waals surface area contributed by atoms with Crippen LogP contribution in [0.2, 0.25) is 0 Å². The summed E-state index contributed by atoms with van der Waals surface area (Å²) in [5.74, 6) is 0.881. The van der Waals surface area contributed by atoms with E-state index < -0.39 is 0 Å². The van der Waals surface area contributed by atoms with E-state index in [1.807, 2.05) is 0 Å². The smallest absolute Gasteiger partial charge is 0.0351 e. The third kappa shape index (κ3) is 21.7. The minimum absolute atomic E-state index is 0.881. The van der Waals surface area contributed by atoms with Crippen LogP contribution in [-0.4, -0.2) is 0 Å². The van der Waals surface area contributed by atoms with E-state index in [0.29, 0.717) is 0 Å². The van der Waals surface area contributed by atoms with E-state index >= 15 is 0 Å². The molecule has 0 radical (unpaired) electrons. The van der Waals surface area contributed by atoms with Gasteiger partial charge in [0.05, 0.1) is 0 Å². The van der Waals surface area contributed by atoms with Gasteiger partial charge in [-0.3, -0.25) is 0 Å². The first-order chi connectivity index (χ1) is 11.3. The van der Waals surface area contributed by atoms with Gasteiger partial charge >= 0.3 is 0 Å². The van der Waals surface area contributed by atoms with E-state index in [-0.39, 0.29) is 0 Å². The van der Waals surface area contributed by atoms with Crippen molar-refractivity contribution >= 4 is 0 Å². The lowest BCUT2D eigenvalue weighted by molar-refractivity contribution is 0.528. The highest BCUT2D eigenvalue weighted by Gasteiger charge is 1.94. The zero-order valence-electron chi connectivity index (χ0n) is 16.8. The van der Waals surface area contributed by atoms with Gasteiger partial charge in [0.15, 0.2) is 0 Å². The van der Waals surface area contributed by atoms with Gasteiger partial charge in [0.25, 0.3) is 0 Å². The first kappa shape index (κ1) is 22.7. The molecule has 0 atom stereocenters. The van der Waals surface area contributed by atoms with Gasteiger partial charge in [-0.15, -0.1) is 0 Å². The molecule has 0 aliphatic heterocycles. The summed E-state index contributed by atoms with van der Waals surface area (Å²) in [7, 11) is 0. The Morgan fingerprint density at radius 1 is 0.522 bits per heavy atom. The molecule has 0 fully saturated rings. The van der Waals surface area contributed by atoms with Gasteiger partial charge < -0.3 is 0 Å². The Morgan fingerprint density at radius 3 is 1.35 bits per heavy atom. The van der Waals surface area contributed by atoms with Gasteiger partial charge in [-0.05, 0) is 31.6 Å². The van der Waals surface area contributed by atoms with Crippen molar-refractivity contribution in [3.63, 3.8) is 0 Å². The average molecular weight is 323 g/mol. The lowest BCUT2D eigenvalue weighted by Crippen LogP contribution is -1.86. The normalized spacial score (nSPS) is 11.8. The molecule has 0 bridgehead atoms. The van der Waals surface area contributed by atoms with Crippen LogP contribution in [0, 0.1) is 5.92 Å². The number of hydrogen-bond donors (Lipinski definition) is 0. The van der Waals surface area contributed by atoms with Crippen LogP contribution in [0.25, 0.3) is 0 Å². The van der Waals surface area contributed by atoms with Crippen LogP contribution in [0.15, 0.2) is 12.2 Å². The highest BCUT2D eigenvalue weighted by molar-refractivity contribution is 4.81. The van der Waals surface area contributed by atoms with Crippen molar-refractivity contribution < 1.29 is 0 Å². The molecule has 23 heavy (non-hydrogen) atoms. The second kappa shape index (κ2) is 19.8. The molecular weight excluding hydrogens is 276 g/mol. The molecule has 0 aliphatic carbocycles. The maximum Gasteiger partial charge on any atom is -0.0351 e. The molecule has 0 heteroatoms. The van der Waals surface area contributed by atoms with Gasteiger partial charge in [0, 0.05) is 0 Å². The van der Waals surface area contributed by atoms with Gasteiger partial charge in [-0.1, -0.05) is 116 Å². The molecule has 0 nitrogen and oxygen atoms in total. The SMILES string of the molecule is CCCCCCCCCCCCC/C=C/CCCCCC(C)C. The predicted molar refractivity (Wildman–Crippen MR) is 108 cm³/mol. The quantitative estimate of drug-likeness (QED) is 0.174. The average Bonchev–Trinajstić information content (AvgIpc) is 2.53. The van der Waals surface area contributed by atoms with E-state index in [1.165, 1.54) is 109 Å². The van der Waals surface area contributed by atoms with Gasteiger partial charge in [-0.25, -0.2) is 0 Å². The summed E-state index contributed by atoms with van der Waals surface area (Å²) in [6.07, 6.45) is 29.0. The summed E-state index contributed by atoms with van der Waals surface area (Å²) in [4.78, 5) is 0. The van der Waals surface area contributed by atoms with E-state index in [0.717, 1.165) is 5.92 Å². The summed E-state index contributed by atoms with van der Waals surface area (Å²) in [6, 6.07) is 0. The standard InChI is InChI=1S/C23H46/c1-4-5-6-7-8-9-10-11-12-13-14-15-16-17-18-19-20-21-22-23(2)3/h16-17,23H,4-15,18-22H2,1-3H3/b17-16+. The van der Waals surface area contributed by atoms with Crippen LogP contribution < -0.4 is 0 Å². The predicted octanol–water partition coefficient (Wildman–Crippen LogP) is 8.85. The zero-order chi connectivity index (χ0) is 17.0. The molecule has 0 aliphatic rings. The maximum absolute atomic E-state index is 2.43. The van der Waals surface area contributed by atoms with Gasteiger partial charge in [0.2, 0.25) is 0 Å². The molecule has 138 valence electrons. The van der Waals surface area contributed by atoms with E-state index in [4.69, 9.17) is 0 Å². The summed E-state index contributed by atoms with van der Waals surface area (Å²) in [5.41, 5.74) is 0. The van der Waals surface area contributed by atoms with E-state index in [2.05, 4.69) is 32.9 Å². The van der Waals surface area contributed by atoms with E-state index in [1.54, 1.807) is 0 Å². The van der Waals surface area contributed by atoms with Crippen molar-refractivity contribution in [2.24, 2.45) is 5.92 Å². The lowest BCUT2D eigenvalue weighted by atomic mass is 10.0. The van der Waals surface area contributed by atoms with Gasteiger partial charge in [-0.2, -0.15) is 0 Å². The van der Waals surface area contributed by atoms with Gasteiger partial charge in [0.1, 0.15) is 0 Å². The molecule has 0 N–H and O–H groups in total. The van der Waals surface area contributed by atoms with Crippen molar-refractivity contribution in [2.75, 3.05) is 0 Å². The van der Waals surface area contributed by atoms with Crippen LogP contribution in [0.1, 0.15) is 130 Å². The summed E-state index contributed by atoms with van der Waals surface area (Å²) < 4.78 is 0. The molecule has 0 unspecified atom stereocenters. The van der Waals surface area contributed by atoms with Crippen LogP contribution in [0.3, 0.4) is 0 Å². The second-order valence-electron chi connectivity index (χ2n) is 7.83. The minimum atomic E-state index is 0.881. The van der Waals surface area contributed by atoms with Crippen LogP contribution in [0.5, 0.6) is 0 Å². The van der Waals surface area contributed by atoms with Crippen LogP contribution in [0.4, 0.5) is 0 Å². The fourth-order valence-electron chi connectivity index (χ4n) is 3.15. The van der Waals surface area contributed by atoms with Crippen molar-refractivity contribution in [2.45, 2.75) is 130 Å². The minimum Gasteiger partial charge on any atom is -0.0885 e. The molecular formula is C23H46. The maximum atomic E-state index is 2.43. The molecule has 0 aromatic rings. The Kier molecular flexibility index (Phi) is 19.6. The Labute approximate surface area is 148 Å². The highest BCUT2D eigenvalue weighted by atomic mass is 14.0. The number of allylic oxidation sites excluding steroid dienone is 2. The van der Waals surface area contributed by atoms with Crippen molar-refractivity contribution in [3.05, 3.63) is 12.2 Å². The number of rotatable bonds is 18. The van der Waals surface area contributed by atoms with Crippen molar-refractivity contribution in [1.29, 1.82) is 0 Å². The fourth-order valence-corrected chi connectivity index (χ4v) is 3.15. The molecule has 0 aromatic carbocycles. The topological polar surface area (TPSA) is 0 Å². The fraction of sp³-hybridized carbons (Fsp3) is 0.913. The third-order valence-corrected chi connectivity index (χ3v) is 4.79. The third-order valence-electron chi connectivity index (χ3n) is 4.79. The highest BCUT2D eigenvalue weighted by Crippen LogP contribution is 2.13. The lowest BCUT2D eigenvalue weighted by Gasteiger charge is -2.02. The monoisotopic (exact) mass is 322 g/mol. The largest absolute Gasteiger partial charge is 0.0885 e. The Hall–Kier alpha value is -0.260. The summed E-state index contributed by atoms with van der Waals surface area (Å²) in [6.45, 7) is 6.95. The summed E-state index contributed by atoms with van der Waals surface area (Å²) in [5, 5.41) is 0. The molecule has 0 aromatic heterocycles. The number of hydrogen-bond acceptors (Lipinski definition) is 0. The zero-order valence-corrected chi connectivity index (χ0v) is 16.8. The molecule has 0 saturated carbocycles. The Morgan fingerprint density at radius 2 is 0.913 bits per heavy atom. The molecule has 0 rings (SSSR count). The second-order valence-corrected chi connectivity index (χ2v) is 7.83. The van der Waals surface area contributed by atoms with Crippen LogP contribution in [-0.2, 0) is 0 Å². The van der Waals surface area contributed by atoms with Crippen LogP contribution >= 0.6 is 0 Å². The first-order valence-corrected chi connectivity index (χ1v) is 10.9. The molecule has 0 heterocycles. The first-order valence-electron chi connectivity index (χ1n) is 10.9. The van der Waals surface area contributed by atoms with Crippen molar-refractivity contribution in [3.8, 4) is 0 Å².